The molecule has 0 bridgehead atoms. The van der Waals surface area contributed by atoms with Gasteiger partial charge in [0, 0.05) is 62.0 Å². The second-order valence-corrected chi connectivity index (χ2v) is 7.52. The van der Waals surface area contributed by atoms with Gasteiger partial charge in [0.2, 0.25) is 0 Å². The van der Waals surface area contributed by atoms with E-state index >= 15 is 0 Å². The van der Waals surface area contributed by atoms with Gasteiger partial charge >= 0.3 is 0 Å². The van der Waals surface area contributed by atoms with E-state index in [0.29, 0.717) is 17.9 Å². The largest absolute Gasteiger partial charge is 0.336 e. The van der Waals surface area contributed by atoms with Gasteiger partial charge in [0.05, 0.1) is 17.6 Å². The van der Waals surface area contributed by atoms with Crippen molar-refractivity contribution < 1.29 is 4.79 Å². The number of hydrogen-bond donors (Lipinski definition) is 0. The third-order valence-electron chi connectivity index (χ3n) is 5.66. The molecule has 0 atom stereocenters. The van der Waals surface area contributed by atoms with Crippen LogP contribution < -0.4 is 0 Å². The average molecular weight is 406 g/mol. The Labute approximate surface area is 174 Å². The van der Waals surface area contributed by atoms with Crippen molar-refractivity contribution in [2.24, 2.45) is 7.05 Å². The minimum atomic E-state index is -0.155. The maximum Gasteiger partial charge on any atom is 0.274 e. The van der Waals surface area contributed by atoms with E-state index in [2.05, 4.69) is 27.2 Å². The zero-order chi connectivity index (χ0) is 21.6. The van der Waals surface area contributed by atoms with Crippen molar-refractivity contribution in [1.29, 1.82) is 0 Å². The number of rotatable bonds is 5. The molecule has 4 rings (SSSR count). The van der Waals surface area contributed by atoms with E-state index in [-0.39, 0.29) is 5.91 Å². The lowest BCUT2D eigenvalue weighted by molar-refractivity contribution is 0.0778. The first-order chi connectivity index (χ1) is 14.3. The number of carbonyl (C=O) groups is 1. The van der Waals surface area contributed by atoms with Crippen LogP contribution in [0.3, 0.4) is 0 Å². The van der Waals surface area contributed by atoms with Crippen LogP contribution in [-0.2, 0) is 20.1 Å². The second kappa shape index (κ2) is 7.40. The molecule has 4 aromatic heterocycles. The van der Waals surface area contributed by atoms with Crippen LogP contribution in [0.5, 0.6) is 0 Å². The van der Waals surface area contributed by atoms with Gasteiger partial charge in [0.15, 0.2) is 11.3 Å². The van der Waals surface area contributed by atoms with Crippen molar-refractivity contribution in [1.82, 2.24) is 39.1 Å². The average Bonchev–Trinajstić information content (AvgIpc) is 3.39. The summed E-state index contributed by atoms with van der Waals surface area (Å²) in [5, 5.41) is 13.4. The normalized spacial score (nSPS) is 11.4. The SMILES string of the molecule is CCn1nc(C)c(CN(C)C(=O)c2cc3nccc(-c4cnn(C)c4C)n3n2)c1C. The zero-order valence-corrected chi connectivity index (χ0v) is 18.2. The predicted octanol–water partition coefficient (Wildman–Crippen LogP) is 2.54. The number of nitrogens with zero attached hydrogens (tertiary/aromatic N) is 8. The summed E-state index contributed by atoms with van der Waals surface area (Å²) in [5.74, 6) is -0.155. The highest BCUT2D eigenvalue weighted by Gasteiger charge is 2.21. The molecule has 30 heavy (non-hydrogen) atoms. The monoisotopic (exact) mass is 406 g/mol. The maximum atomic E-state index is 13.1. The smallest absolute Gasteiger partial charge is 0.274 e. The molecule has 4 aromatic rings. The molecule has 0 fully saturated rings. The van der Waals surface area contributed by atoms with Gasteiger partial charge in [0.1, 0.15) is 0 Å². The van der Waals surface area contributed by atoms with Gasteiger partial charge in [-0.3, -0.25) is 14.2 Å². The summed E-state index contributed by atoms with van der Waals surface area (Å²) in [6.07, 6.45) is 3.53. The van der Waals surface area contributed by atoms with Gasteiger partial charge < -0.3 is 4.90 Å². The Morgan fingerprint density at radius 1 is 1.17 bits per heavy atom. The molecular formula is C21H26N8O. The molecule has 9 nitrogen and oxygen atoms in total. The predicted molar refractivity (Wildman–Crippen MR) is 113 cm³/mol. The molecule has 0 aromatic carbocycles. The van der Waals surface area contributed by atoms with Crippen molar-refractivity contribution in [2.45, 2.75) is 40.8 Å². The molecule has 1 amide bonds. The zero-order valence-electron chi connectivity index (χ0n) is 18.2. The molecule has 0 saturated heterocycles. The number of amides is 1. The summed E-state index contributed by atoms with van der Waals surface area (Å²) in [5.41, 5.74) is 6.90. The highest BCUT2D eigenvalue weighted by molar-refractivity contribution is 5.93. The topological polar surface area (TPSA) is 86.1 Å². The number of fused-ring (bicyclic) bond motifs is 1. The summed E-state index contributed by atoms with van der Waals surface area (Å²) < 4.78 is 5.48. The van der Waals surface area contributed by atoms with E-state index in [1.165, 1.54) is 0 Å². The third kappa shape index (κ3) is 3.16. The van der Waals surface area contributed by atoms with Crippen LogP contribution in [-0.4, -0.2) is 52.0 Å². The van der Waals surface area contributed by atoms with Gasteiger partial charge in [-0.25, -0.2) is 9.50 Å². The molecule has 0 aliphatic rings. The van der Waals surface area contributed by atoms with Gasteiger partial charge in [-0.2, -0.15) is 15.3 Å². The fraction of sp³-hybridized carbons (Fsp3) is 0.381. The van der Waals surface area contributed by atoms with E-state index in [0.717, 1.165) is 40.4 Å². The maximum absolute atomic E-state index is 13.1. The summed E-state index contributed by atoms with van der Waals surface area (Å²) in [6, 6.07) is 3.61. The van der Waals surface area contributed by atoms with Crippen molar-refractivity contribution >= 4 is 11.6 Å². The fourth-order valence-corrected chi connectivity index (χ4v) is 3.73. The summed E-state index contributed by atoms with van der Waals surface area (Å²) in [6.45, 7) is 9.35. The Hall–Kier alpha value is -3.49. The Morgan fingerprint density at radius 2 is 1.93 bits per heavy atom. The van der Waals surface area contributed by atoms with Crippen LogP contribution in [0.25, 0.3) is 16.9 Å². The fourth-order valence-electron chi connectivity index (χ4n) is 3.73. The minimum Gasteiger partial charge on any atom is -0.336 e. The first-order valence-corrected chi connectivity index (χ1v) is 9.93. The van der Waals surface area contributed by atoms with E-state index in [4.69, 9.17) is 0 Å². The van der Waals surface area contributed by atoms with E-state index in [1.54, 1.807) is 34.9 Å². The van der Waals surface area contributed by atoms with Crippen LogP contribution in [0.4, 0.5) is 0 Å². The molecule has 4 heterocycles. The highest BCUT2D eigenvalue weighted by atomic mass is 16.2. The molecular weight excluding hydrogens is 380 g/mol. The van der Waals surface area contributed by atoms with E-state index in [1.807, 2.05) is 43.2 Å². The quantitative estimate of drug-likeness (QED) is 0.508. The van der Waals surface area contributed by atoms with Crippen LogP contribution in [0.15, 0.2) is 24.5 Å². The Kier molecular flexibility index (Phi) is 4.89. The molecule has 0 N–H and O–H groups in total. The first kappa shape index (κ1) is 19.8. The standard InChI is InChI=1S/C21H26N8O/c1-7-28-15(4)17(13(2)24-28)12-26(5)21(30)18-10-20-22-9-8-19(29(20)25-18)16-11-23-27(6)14(16)3/h8-11H,7,12H2,1-6H3. The molecule has 156 valence electrons. The van der Waals surface area contributed by atoms with Gasteiger partial charge in [-0.05, 0) is 33.8 Å². The van der Waals surface area contributed by atoms with Gasteiger partial charge in [0.25, 0.3) is 5.91 Å². The first-order valence-electron chi connectivity index (χ1n) is 9.93. The molecule has 0 aliphatic carbocycles. The number of aromatic nitrogens is 7. The van der Waals surface area contributed by atoms with Crippen molar-refractivity contribution in [3.05, 3.63) is 52.9 Å². The molecule has 0 aliphatic heterocycles. The van der Waals surface area contributed by atoms with Crippen LogP contribution in [0, 0.1) is 20.8 Å². The lowest BCUT2D eigenvalue weighted by Crippen LogP contribution is -2.27. The summed E-state index contributed by atoms with van der Waals surface area (Å²) in [7, 11) is 3.68. The Bertz CT molecular complexity index is 1250. The number of hydrogen-bond acceptors (Lipinski definition) is 5. The highest BCUT2D eigenvalue weighted by Crippen LogP contribution is 2.23. The molecule has 0 spiro atoms. The van der Waals surface area contributed by atoms with Crippen LogP contribution in [0.2, 0.25) is 0 Å². The van der Waals surface area contributed by atoms with Crippen LogP contribution >= 0.6 is 0 Å². The third-order valence-corrected chi connectivity index (χ3v) is 5.66. The van der Waals surface area contributed by atoms with Crippen LogP contribution in [0.1, 0.15) is 40.1 Å². The summed E-state index contributed by atoms with van der Waals surface area (Å²) >= 11 is 0. The molecule has 0 saturated carbocycles. The van der Waals surface area contributed by atoms with E-state index in [9.17, 15) is 4.79 Å². The van der Waals surface area contributed by atoms with Crippen molar-refractivity contribution in [2.75, 3.05) is 7.05 Å². The van der Waals surface area contributed by atoms with Crippen molar-refractivity contribution in [3.63, 3.8) is 0 Å². The molecule has 0 radical (unpaired) electrons. The Morgan fingerprint density at radius 3 is 2.57 bits per heavy atom. The summed E-state index contributed by atoms with van der Waals surface area (Å²) in [4.78, 5) is 19.2. The second-order valence-electron chi connectivity index (χ2n) is 7.52. The number of aryl methyl sites for hydroxylation is 3. The molecule has 0 unspecified atom stereocenters. The lowest BCUT2D eigenvalue weighted by atomic mass is 10.2. The molecule has 9 heteroatoms. The van der Waals surface area contributed by atoms with Crippen molar-refractivity contribution in [3.8, 4) is 11.3 Å². The lowest BCUT2D eigenvalue weighted by Gasteiger charge is -2.16. The van der Waals surface area contributed by atoms with Gasteiger partial charge in [-0.15, -0.1) is 0 Å². The Balaban J connectivity index is 1.67. The minimum absolute atomic E-state index is 0.155. The van der Waals surface area contributed by atoms with Gasteiger partial charge in [-0.1, -0.05) is 0 Å². The number of carbonyl (C=O) groups excluding carboxylic acids is 1. The van der Waals surface area contributed by atoms with E-state index < -0.39 is 0 Å².